The van der Waals surface area contributed by atoms with E-state index in [1.807, 2.05) is 48.3 Å². The van der Waals surface area contributed by atoms with E-state index < -0.39 is 0 Å². The molecule has 0 bridgehead atoms. The molecule has 3 aromatic rings. The van der Waals surface area contributed by atoms with Crippen LogP contribution in [0.2, 0.25) is 5.02 Å². The lowest BCUT2D eigenvalue weighted by atomic mass is 9.96. The van der Waals surface area contributed by atoms with Crippen molar-refractivity contribution >= 4 is 17.5 Å². The molecule has 1 fully saturated rings. The maximum Gasteiger partial charge on any atom is 0.253 e. The summed E-state index contributed by atoms with van der Waals surface area (Å²) in [6.07, 6.45) is 4.89. The van der Waals surface area contributed by atoms with Crippen molar-refractivity contribution in [1.29, 1.82) is 0 Å². The quantitative estimate of drug-likeness (QED) is 0.566. The number of amides is 1. The third-order valence-electron chi connectivity index (χ3n) is 5.84. The van der Waals surface area contributed by atoms with Gasteiger partial charge >= 0.3 is 0 Å². The minimum absolute atomic E-state index is 0.0431. The molecule has 1 aliphatic heterocycles. The molecule has 1 aliphatic rings. The first-order valence-electron chi connectivity index (χ1n) is 10.6. The first-order valence-corrected chi connectivity index (χ1v) is 11.0. The van der Waals surface area contributed by atoms with Crippen LogP contribution in [0.5, 0.6) is 0 Å². The van der Waals surface area contributed by atoms with E-state index in [1.165, 1.54) is 18.3 Å². The van der Waals surface area contributed by atoms with Gasteiger partial charge in [0.25, 0.3) is 5.91 Å². The van der Waals surface area contributed by atoms with Crippen molar-refractivity contribution in [2.24, 2.45) is 5.92 Å². The van der Waals surface area contributed by atoms with Crippen LogP contribution in [0.15, 0.2) is 54.9 Å². The summed E-state index contributed by atoms with van der Waals surface area (Å²) in [5.41, 5.74) is 2.81. The molecule has 2 heterocycles. The Bertz CT molecular complexity index is 974. The van der Waals surface area contributed by atoms with Crippen LogP contribution in [-0.2, 0) is 6.42 Å². The molecule has 0 N–H and O–H groups in total. The molecule has 0 aliphatic carbocycles. The molecule has 0 spiro atoms. The summed E-state index contributed by atoms with van der Waals surface area (Å²) in [6.45, 7) is 3.96. The second-order valence-electron chi connectivity index (χ2n) is 8.17. The van der Waals surface area contributed by atoms with E-state index in [1.54, 1.807) is 4.68 Å². The number of piperidine rings is 1. The minimum atomic E-state index is 0.0431. The number of nitrogens with zero attached hydrogens (tertiary/aromatic N) is 6. The molecule has 8 heteroatoms. The lowest BCUT2D eigenvalue weighted by molar-refractivity contribution is 0.0730. The summed E-state index contributed by atoms with van der Waals surface area (Å²) in [6, 6.07) is 15.5. The van der Waals surface area contributed by atoms with E-state index >= 15 is 0 Å². The molecule has 31 heavy (non-hydrogen) atoms. The Morgan fingerprint density at radius 1 is 1.16 bits per heavy atom. The first kappa shape index (κ1) is 21.5. The molecule has 1 amide bonds. The number of hydrogen-bond donors (Lipinski definition) is 0. The van der Waals surface area contributed by atoms with Gasteiger partial charge in [0.2, 0.25) is 0 Å². The summed E-state index contributed by atoms with van der Waals surface area (Å²) in [4.78, 5) is 17.3. The number of likely N-dealkylation sites (tertiary alicyclic amines) is 1. The molecular formula is C23H27ClN6O. The number of halogens is 1. The van der Waals surface area contributed by atoms with Gasteiger partial charge in [0.05, 0.1) is 5.69 Å². The summed E-state index contributed by atoms with van der Waals surface area (Å²) in [7, 11) is 1.89. The predicted octanol–water partition coefficient (Wildman–Crippen LogP) is 3.34. The number of aromatic nitrogens is 4. The van der Waals surface area contributed by atoms with Crippen LogP contribution in [0, 0.1) is 5.92 Å². The van der Waals surface area contributed by atoms with Gasteiger partial charge < -0.3 is 9.80 Å². The van der Waals surface area contributed by atoms with Gasteiger partial charge in [-0.1, -0.05) is 23.7 Å². The van der Waals surface area contributed by atoms with Crippen molar-refractivity contribution in [2.75, 3.05) is 33.2 Å². The monoisotopic (exact) mass is 438 g/mol. The molecule has 0 radical (unpaired) electrons. The number of tetrazole rings is 1. The largest absolute Gasteiger partial charge is 0.341 e. The van der Waals surface area contributed by atoms with Crippen LogP contribution in [0.3, 0.4) is 0 Å². The SMILES string of the molecule is CN(C[C@@H]1CCCN(CCc2ccc(Cl)cc2)C1)C(=O)c1ccc(-n2cnnn2)cc1. The van der Waals surface area contributed by atoms with Crippen molar-refractivity contribution < 1.29 is 4.79 Å². The highest BCUT2D eigenvalue weighted by atomic mass is 35.5. The van der Waals surface area contributed by atoms with E-state index in [0.29, 0.717) is 11.5 Å². The van der Waals surface area contributed by atoms with Crippen LogP contribution in [0.4, 0.5) is 0 Å². The fourth-order valence-electron chi connectivity index (χ4n) is 4.17. The highest BCUT2D eigenvalue weighted by Gasteiger charge is 2.23. The summed E-state index contributed by atoms with van der Waals surface area (Å²) >= 11 is 5.98. The molecule has 0 unspecified atom stereocenters. The van der Waals surface area contributed by atoms with Crippen molar-refractivity contribution in [2.45, 2.75) is 19.3 Å². The van der Waals surface area contributed by atoms with Crippen molar-refractivity contribution in [3.8, 4) is 5.69 Å². The van der Waals surface area contributed by atoms with Gasteiger partial charge in [-0.15, -0.1) is 5.10 Å². The van der Waals surface area contributed by atoms with Gasteiger partial charge in [-0.25, -0.2) is 4.68 Å². The Morgan fingerprint density at radius 3 is 2.65 bits per heavy atom. The molecule has 1 saturated heterocycles. The summed E-state index contributed by atoms with van der Waals surface area (Å²) in [5.74, 6) is 0.537. The normalized spacial score (nSPS) is 16.9. The maximum absolute atomic E-state index is 12.9. The van der Waals surface area contributed by atoms with Crippen LogP contribution in [0.25, 0.3) is 5.69 Å². The molecule has 1 aromatic heterocycles. The molecule has 162 valence electrons. The van der Waals surface area contributed by atoms with E-state index in [2.05, 4.69) is 32.6 Å². The molecule has 1 atom stereocenters. The fraction of sp³-hybridized carbons (Fsp3) is 0.391. The van der Waals surface area contributed by atoms with Gasteiger partial charge in [-0.2, -0.15) is 0 Å². The maximum atomic E-state index is 12.9. The van der Waals surface area contributed by atoms with Crippen molar-refractivity contribution in [1.82, 2.24) is 30.0 Å². The standard InChI is InChI=1S/C23H27ClN6O/c1-28(23(31)20-6-10-22(11-7-20)30-17-25-26-27-30)15-19-3-2-13-29(16-19)14-12-18-4-8-21(24)9-5-18/h4-11,17,19H,2-3,12-16H2,1H3/t19-/m0/s1. The number of hydrogen-bond acceptors (Lipinski definition) is 5. The molecule has 0 saturated carbocycles. The second kappa shape index (κ2) is 10.0. The van der Waals surface area contributed by atoms with Gasteiger partial charge in [-0.3, -0.25) is 4.79 Å². The van der Waals surface area contributed by atoms with Crippen LogP contribution >= 0.6 is 11.6 Å². The highest BCUT2D eigenvalue weighted by Crippen LogP contribution is 2.19. The Hall–Kier alpha value is -2.77. The van der Waals surface area contributed by atoms with Crippen LogP contribution < -0.4 is 0 Å². The minimum Gasteiger partial charge on any atom is -0.341 e. The summed E-state index contributed by atoms with van der Waals surface area (Å²) < 4.78 is 1.57. The van der Waals surface area contributed by atoms with E-state index in [9.17, 15) is 4.79 Å². The van der Waals surface area contributed by atoms with Crippen molar-refractivity contribution in [3.63, 3.8) is 0 Å². The van der Waals surface area contributed by atoms with E-state index in [4.69, 9.17) is 11.6 Å². The average molecular weight is 439 g/mol. The molecule has 4 rings (SSSR count). The molecule has 7 nitrogen and oxygen atoms in total. The Balaban J connectivity index is 1.28. The van der Waals surface area contributed by atoms with Crippen LogP contribution in [0.1, 0.15) is 28.8 Å². The highest BCUT2D eigenvalue weighted by molar-refractivity contribution is 6.30. The molecule has 2 aromatic carbocycles. The zero-order valence-corrected chi connectivity index (χ0v) is 18.4. The topological polar surface area (TPSA) is 67.2 Å². The number of carbonyl (C=O) groups excluding carboxylic acids is 1. The van der Waals surface area contributed by atoms with Gasteiger partial charge in [0.1, 0.15) is 6.33 Å². The third-order valence-corrected chi connectivity index (χ3v) is 6.09. The van der Waals surface area contributed by atoms with Gasteiger partial charge in [-0.05, 0) is 84.1 Å². The Kier molecular flexibility index (Phi) is 6.94. The van der Waals surface area contributed by atoms with Crippen molar-refractivity contribution in [3.05, 3.63) is 71.0 Å². The van der Waals surface area contributed by atoms with Crippen LogP contribution in [-0.4, -0.2) is 69.1 Å². The fourth-order valence-corrected chi connectivity index (χ4v) is 4.29. The lowest BCUT2D eigenvalue weighted by Gasteiger charge is -2.34. The Morgan fingerprint density at radius 2 is 1.94 bits per heavy atom. The smallest absolute Gasteiger partial charge is 0.253 e. The van der Waals surface area contributed by atoms with E-state index in [0.717, 1.165) is 49.7 Å². The second-order valence-corrected chi connectivity index (χ2v) is 8.61. The third kappa shape index (κ3) is 5.68. The first-order chi connectivity index (χ1) is 15.1. The zero-order valence-electron chi connectivity index (χ0n) is 17.7. The van der Waals surface area contributed by atoms with Gasteiger partial charge in [0.15, 0.2) is 0 Å². The number of carbonyl (C=O) groups is 1. The van der Waals surface area contributed by atoms with Gasteiger partial charge in [0, 0.05) is 37.3 Å². The zero-order chi connectivity index (χ0) is 21.6. The average Bonchev–Trinajstić information content (AvgIpc) is 3.34. The lowest BCUT2D eigenvalue weighted by Crippen LogP contribution is -2.42. The number of benzene rings is 2. The predicted molar refractivity (Wildman–Crippen MR) is 120 cm³/mol. The summed E-state index contributed by atoms with van der Waals surface area (Å²) in [5, 5.41) is 11.9. The molecular weight excluding hydrogens is 412 g/mol. The van der Waals surface area contributed by atoms with E-state index in [-0.39, 0.29) is 5.91 Å². The Labute approximate surface area is 187 Å². The number of rotatable bonds is 7.